The molecule has 8 heteroatoms. The predicted octanol–water partition coefficient (Wildman–Crippen LogP) is 2.55. The maximum atomic E-state index is 12.5. The van der Waals surface area contributed by atoms with Gasteiger partial charge >= 0.3 is 0 Å². The minimum absolute atomic E-state index is 0.0435. The first kappa shape index (κ1) is 16.8. The molecule has 1 aliphatic rings. The van der Waals surface area contributed by atoms with Gasteiger partial charge in [0.05, 0.1) is 16.5 Å². The second-order valence-corrected chi connectivity index (χ2v) is 6.11. The van der Waals surface area contributed by atoms with Crippen molar-refractivity contribution in [2.24, 2.45) is 5.92 Å². The Kier molecular flexibility index (Phi) is 4.87. The average molecular weight is 341 g/mol. The summed E-state index contributed by atoms with van der Waals surface area (Å²) in [6.45, 7) is 3.26. The minimum atomic E-state index is -0.478. The van der Waals surface area contributed by atoms with Crippen molar-refractivity contribution in [3.8, 4) is 0 Å². The Morgan fingerprint density at radius 2 is 2.16 bits per heavy atom. The van der Waals surface area contributed by atoms with Crippen LogP contribution in [0, 0.1) is 23.0 Å². The molecule has 1 amide bonds. The monoisotopic (exact) mass is 341 g/mol. The fraction of sp³-hybridized carbons (Fsp3) is 0.353. The number of non-ortho nitro benzene ring substituents is 1. The molecule has 0 aliphatic carbocycles. The molecular weight excluding hydrogens is 322 g/mol. The van der Waals surface area contributed by atoms with Gasteiger partial charge in [0, 0.05) is 30.9 Å². The van der Waals surface area contributed by atoms with Crippen LogP contribution in [-0.2, 0) is 4.79 Å². The summed E-state index contributed by atoms with van der Waals surface area (Å²) in [5, 5.41) is 21.9. The van der Waals surface area contributed by atoms with Gasteiger partial charge in [-0.15, -0.1) is 5.10 Å². The third-order valence-electron chi connectivity index (χ3n) is 4.22. The highest BCUT2D eigenvalue weighted by Crippen LogP contribution is 2.23. The number of aromatic nitrogens is 2. The first-order valence-electron chi connectivity index (χ1n) is 8.13. The van der Waals surface area contributed by atoms with Crippen molar-refractivity contribution in [2.75, 3.05) is 23.3 Å². The number of carbonyl (C=O) groups excluding carboxylic acids is 1. The molecule has 2 heterocycles. The fourth-order valence-electron chi connectivity index (χ4n) is 2.90. The number of carbonyl (C=O) groups is 1. The SMILES string of the molecule is Cc1ccc(N2CCCC(C(=O)Nc3cccc([N+](=O)[O-])c3)C2)nn1. The lowest BCUT2D eigenvalue weighted by atomic mass is 9.97. The average Bonchev–Trinajstić information content (AvgIpc) is 2.62. The Labute approximate surface area is 145 Å². The zero-order valence-electron chi connectivity index (χ0n) is 13.9. The number of hydrogen-bond donors (Lipinski definition) is 1. The van der Waals surface area contributed by atoms with E-state index >= 15 is 0 Å². The Morgan fingerprint density at radius 3 is 2.88 bits per heavy atom. The van der Waals surface area contributed by atoms with Crippen LogP contribution in [0.15, 0.2) is 36.4 Å². The number of hydrogen-bond acceptors (Lipinski definition) is 6. The van der Waals surface area contributed by atoms with E-state index in [1.54, 1.807) is 12.1 Å². The Balaban J connectivity index is 1.66. The smallest absolute Gasteiger partial charge is 0.271 e. The van der Waals surface area contributed by atoms with Gasteiger partial charge in [-0.25, -0.2) is 0 Å². The lowest BCUT2D eigenvalue weighted by molar-refractivity contribution is -0.384. The van der Waals surface area contributed by atoms with Gasteiger partial charge in [-0.3, -0.25) is 14.9 Å². The number of nitrogens with one attached hydrogen (secondary N) is 1. The van der Waals surface area contributed by atoms with Gasteiger partial charge in [-0.2, -0.15) is 5.10 Å². The van der Waals surface area contributed by atoms with Crippen LogP contribution in [0.1, 0.15) is 18.5 Å². The van der Waals surface area contributed by atoms with Crippen molar-refractivity contribution in [2.45, 2.75) is 19.8 Å². The Hall–Kier alpha value is -3.03. The molecule has 1 aliphatic heterocycles. The van der Waals surface area contributed by atoms with Crippen LogP contribution in [0.5, 0.6) is 0 Å². The molecule has 1 N–H and O–H groups in total. The first-order chi connectivity index (χ1) is 12.0. The molecule has 0 radical (unpaired) electrons. The van der Waals surface area contributed by atoms with Gasteiger partial charge in [-0.1, -0.05) is 6.07 Å². The molecule has 25 heavy (non-hydrogen) atoms. The predicted molar refractivity (Wildman–Crippen MR) is 93.4 cm³/mol. The van der Waals surface area contributed by atoms with Crippen molar-refractivity contribution in [3.05, 3.63) is 52.2 Å². The number of benzene rings is 1. The topological polar surface area (TPSA) is 101 Å². The van der Waals surface area contributed by atoms with Crippen LogP contribution in [-0.4, -0.2) is 34.1 Å². The molecule has 0 saturated carbocycles. The summed E-state index contributed by atoms with van der Waals surface area (Å²) in [5.74, 6) is 0.430. The van der Waals surface area contributed by atoms with E-state index in [1.165, 1.54) is 12.1 Å². The summed E-state index contributed by atoms with van der Waals surface area (Å²) >= 11 is 0. The molecule has 2 aromatic rings. The summed E-state index contributed by atoms with van der Waals surface area (Å²) in [5.41, 5.74) is 1.24. The highest BCUT2D eigenvalue weighted by molar-refractivity contribution is 5.93. The molecule has 1 atom stereocenters. The number of piperidine rings is 1. The van der Waals surface area contributed by atoms with Gasteiger partial charge < -0.3 is 10.2 Å². The van der Waals surface area contributed by atoms with E-state index in [-0.39, 0.29) is 17.5 Å². The van der Waals surface area contributed by atoms with Crippen molar-refractivity contribution in [1.29, 1.82) is 0 Å². The first-order valence-corrected chi connectivity index (χ1v) is 8.13. The molecule has 8 nitrogen and oxygen atoms in total. The standard InChI is InChI=1S/C17H19N5O3/c1-12-7-8-16(20-19-12)21-9-3-4-13(11-21)17(23)18-14-5-2-6-15(10-14)22(24)25/h2,5-8,10,13H,3-4,9,11H2,1H3,(H,18,23). The van der Waals surface area contributed by atoms with Crippen LogP contribution in [0.3, 0.4) is 0 Å². The number of amides is 1. The summed E-state index contributed by atoms with van der Waals surface area (Å²) in [6.07, 6.45) is 1.65. The highest BCUT2D eigenvalue weighted by atomic mass is 16.6. The van der Waals surface area contributed by atoms with Crippen LogP contribution < -0.4 is 10.2 Å². The summed E-state index contributed by atoms with van der Waals surface area (Å²) in [7, 11) is 0. The lowest BCUT2D eigenvalue weighted by Crippen LogP contribution is -2.41. The van der Waals surface area contributed by atoms with Crippen molar-refractivity contribution < 1.29 is 9.72 Å². The molecule has 0 spiro atoms. The quantitative estimate of drug-likeness (QED) is 0.677. The van der Waals surface area contributed by atoms with Crippen LogP contribution in [0.25, 0.3) is 0 Å². The summed E-state index contributed by atoms with van der Waals surface area (Å²) < 4.78 is 0. The lowest BCUT2D eigenvalue weighted by Gasteiger charge is -2.32. The molecule has 1 saturated heterocycles. The Bertz CT molecular complexity index is 778. The van der Waals surface area contributed by atoms with Gasteiger partial charge in [0.15, 0.2) is 5.82 Å². The second-order valence-electron chi connectivity index (χ2n) is 6.11. The zero-order chi connectivity index (χ0) is 17.8. The molecular formula is C17H19N5O3. The summed E-state index contributed by atoms with van der Waals surface area (Å²) in [6, 6.07) is 9.77. The number of nitro benzene ring substituents is 1. The van der Waals surface area contributed by atoms with Gasteiger partial charge in [-0.05, 0) is 38.0 Å². The third kappa shape index (κ3) is 4.09. The molecule has 0 bridgehead atoms. The van der Waals surface area contributed by atoms with Gasteiger partial charge in [0.1, 0.15) is 0 Å². The maximum Gasteiger partial charge on any atom is 0.271 e. The second kappa shape index (κ2) is 7.25. The van der Waals surface area contributed by atoms with Gasteiger partial charge in [0.25, 0.3) is 5.69 Å². The highest BCUT2D eigenvalue weighted by Gasteiger charge is 2.27. The van der Waals surface area contributed by atoms with E-state index in [4.69, 9.17) is 0 Å². The number of nitrogens with zero attached hydrogens (tertiary/aromatic N) is 4. The van der Waals surface area contributed by atoms with Gasteiger partial charge in [0.2, 0.25) is 5.91 Å². The maximum absolute atomic E-state index is 12.5. The number of anilines is 2. The molecule has 1 unspecified atom stereocenters. The number of rotatable bonds is 4. The van der Waals surface area contributed by atoms with E-state index in [2.05, 4.69) is 15.5 Å². The molecule has 1 aromatic carbocycles. The van der Waals surface area contributed by atoms with Crippen molar-refractivity contribution >= 4 is 23.1 Å². The largest absolute Gasteiger partial charge is 0.354 e. The van der Waals surface area contributed by atoms with Crippen molar-refractivity contribution in [3.63, 3.8) is 0 Å². The molecule has 130 valence electrons. The minimum Gasteiger partial charge on any atom is -0.354 e. The van der Waals surface area contributed by atoms with Crippen molar-refractivity contribution in [1.82, 2.24) is 10.2 Å². The molecule has 1 aromatic heterocycles. The molecule has 3 rings (SSSR count). The van der Waals surface area contributed by atoms with E-state index in [1.807, 2.05) is 24.0 Å². The number of nitro groups is 1. The normalized spacial score (nSPS) is 17.2. The zero-order valence-corrected chi connectivity index (χ0v) is 13.9. The summed E-state index contributed by atoms with van der Waals surface area (Å²) in [4.78, 5) is 24.9. The molecule has 1 fully saturated rings. The van der Waals surface area contributed by atoms with Crippen LogP contribution >= 0.6 is 0 Å². The van der Waals surface area contributed by atoms with E-state index in [0.29, 0.717) is 12.2 Å². The van der Waals surface area contributed by atoms with E-state index in [9.17, 15) is 14.9 Å². The Morgan fingerprint density at radius 1 is 1.32 bits per heavy atom. The van der Waals surface area contributed by atoms with E-state index < -0.39 is 4.92 Å². The number of aryl methyl sites for hydroxylation is 1. The fourth-order valence-corrected chi connectivity index (χ4v) is 2.90. The third-order valence-corrected chi connectivity index (χ3v) is 4.22. The van der Waals surface area contributed by atoms with Crippen LogP contribution in [0.4, 0.5) is 17.2 Å². The van der Waals surface area contributed by atoms with Crippen LogP contribution in [0.2, 0.25) is 0 Å². The van der Waals surface area contributed by atoms with E-state index in [0.717, 1.165) is 30.9 Å².